The molecule has 0 amide bonds. The molecule has 0 unspecified atom stereocenters. The van der Waals surface area contributed by atoms with Crippen LogP contribution in [0.1, 0.15) is 16.1 Å². The Morgan fingerprint density at radius 1 is 1.22 bits per heavy atom. The van der Waals surface area contributed by atoms with Gasteiger partial charge in [-0.15, -0.1) is 10.2 Å². The normalized spacial score (nSPS) is 10.1. The Kier molecular flexibility index (Phi) is 3.84. The van der Waals surface area contributed by atoms with E-state index < -0.39 is 11.8 Å². The Bertz CT molecular complexity index is 560. The number of hydrogen-bond acceptors (Lipinski definition) is 4. The molecule has 0 spiro atoms. The van der Waals surface area contributed by atoms with E-state index in [9.17, 15) is 9.18 Å². The van der Waals surface area contributed by atoms with Gasteiger partial charge in [-0.25, -0.2) is 9.18 Å². The molecule has 0 saturated heterocycles. The first-order valence-electron chi connectivity index (χ1n) is 5.06. The summed E-state index contributed by atoms with van der Waals surface area (Å²) in [5.74, 6) is -1.10. The van der Waals surface area contributed by atoms with E-state index in [0.717, 1.165) is 0 Å². The Morgan fingerprint density at radius 3 is 2.67 bits per heavy atom. The third kappa shape index (κ3) is 3.01. The minimum Gasteiger partial charge on any atom is -0.456 e. The second-order valence-electron chi connectivity index (χ2n) is 3.41. The number of nitrogens with zero attached hydrogens (tertiary/aromatic N) is 2. The summed E-state index contributed by atoms with van der Waals surface area (Å²) in [6.45, 7) is -0.157. The summed E-state index contributed by atoms with van der Waals surface area (Å²) >= 11 is 5.53. The maximum Gasteiger partial charge on any atom is 0.359 e. The summed E-state index contributed by atoms with van der Waals surface area (Å²) < 4.78 is 18.2. The molecule has 1 heterocycles. The molecule has 4 nitrogen and oxygen atoms in total. The second-order valence-corrected chi connectivity index (χ2v) is 3.80. The van der Waals surface area contributed by atoms with Crippen LogP contribution in [-0.4, -0.2) is 16.2 Å². The van der Waals surface area contributed by atoms with Gasteiger partial charge in [0, 0.05) is 5.56 Å². The summed E-state index contributed by atoms with van der Waals surface area (Å²) in [6, 6.07) is 8.87. The van der Waals surface area contributed by atoms with E-state index in [1.165, 1.54) is 24.3 Å². The SMILES string of the molecule is O=C(OCc1ccccc1F)c1ccc(Cl)nn1. The summed E-state index contributed by atoms with van der Waals surface area (Å²) in [6.07, 6.45) is 0. The molecule has 1 aromatic heterocycles. The highest BCUT2D eigenvalue weighted by atomic mass is 35.5. The fourth-order valence-electron chi connectivity index (χ4n) is 1.26. The molecule has 0 aliphatic heterocycles. The van der Waals surface area contributed by atoms with Crippen molar-refractivity contribution in [2.75, 3.05) is 0 Å². The first-order valence-corrected chi connectivity index (χ1v) is 5.44. The van der Waals surface area contributed by atoms with Crippen LogP contribution in [0.5, 0.6) is 0 Å². The van der Waals surface area contributed by atoms with Crippen molar-refractivity contribution in [3.63, 3.8) is 0 Å². The molecule has 0 saturated carbocycles. The molecule has 0 bridgehead atoms. The van der Waals surface area contributed by atoms with Crippen molar-refractivity contribution >= 4 is 17.6 Å². The van der Waals surface area contributed by atoms with Crippen LogP contribution in [0.4, 0.5) is 4.39 Å². The maximum absolute atomic E-state index is 13.3. The largest absolute Gasteiger partial charge is 0.456 e. The monoisotopic (exact) mass is 266 g/mol. The first-order chi connectivity index (χ1) is 8.66. The van der Waals surface area contributed by atoms with Gasteiger partial charge in [-0.2, -0.15) is 0 Å². The van der Waals surface area contributed by atoms with E-state index in [4.69, 9.17) is 16.3 Å². The zero-order valence-electron chi connectivity index (χ0n) is 9.14. The number of hydrogen-bond donors (Lipinski definition) is 0. The summed E-state index contributed by atoms with van der Waals surface area (Å²) in [5.41, 5.74) is 0.323. The second kappa shape index (κ2) is 5.55. The standard InChI is InChI=1S/C12H8ClFN2O2/c13-11-6-5-10(15-16-11)12(17)18-7-8-3-1-2-4-9(8)14/h1-6H,7H2. The molecule has 6 heteroatoms. The van der Waals surface area contributed by atoms with Crippen LogP contribution in [0.3, 0.4) is 0 Å². The van der Waals surface area contributed by atoms with Gasteiger partial charge in [0.25, 0.3) is 0 Å². The first kappa shape index (κ1) is 12.4. The molecule has 0 atom stereocenters. The topological polar surface area (TPSA) is 52.1 Å². The number of halogens is 2. The molecular formula is C12H8ClFN2O2. The molecule has 0 N–H and O–H groups in total. The van der Waals surface area contributed by atoms with Crippen molar-refractivity contribution in [2.24, 2.45) is 0 Å². The van der Waals surface area contributed by atoms with Crippen LogP contribution in [0.25, 0.3) is 0 Å². The number of benzene rings is 1. The summed E-state index contributed by atoms with van der Waals surface area (Å²) in [4.78, 5) is 11.6. The summed E-state index contributed by atoms with van der Waals surface area (Å²) in [5, 5.41) is 7.26. The smallest absolute Gasteiger partial charge is 0.359 e. The highest BCUT2D eigenvalue weighted by Gasteiger charge is 2.11. The van der Waals surface area contributed by atoms with Gasteiger partial charge in [0.2, 0.25) is 0 Å². The minimum absolute atomic E-state index is 0.0238. The van der Waals surface area contributed by atoms with E-state index in [1.807, 2.05) is 0 Å². The van der Waals surface area contributed by atoms with Gasteiger partial charge >= 0.3 is 5.97 Å². The van der Waals surface area contributed by atoms with Crippen molar-refractivity contribution < 1.29 is 13.9 Å². The van der Waals surface area contributed by atoms with Crippen LogP contribution >= 0.6 is 11.6 Å². The van der Waals surface area contributed by atoms with Crippen molar-refractivity contribution in [1.82, 2.24) is 10.2 Å². The highest BCUT2D eigenvalue weighted by molar-refractivity contribution is 6.29. The lowest BCUT2D eigenvalue weighted by atomic mass is 10.2. The third-order valence-corrected chi connectivity index (χ3v) is 2.36. The number of esters is 1. The predicted molar refractivity (Wildman–Crippen MR) is 62.6 cm³/mol. The van der Waals surface area contributed by atoms with Crippen LogP contribution in [-0.2, 0) is 11.3 Å². The molecule has 1 aromatic carbocycles. The number of aromatic nitrogens is 2. The number of rotatable bonds is 3. The molecule has 18 heavy (non-hydrogen) atoms. The van der Waals surface area contributed by atoms with E-state index in [2.05, 4.69) is 10.2 Å². The molecule has 2 rings (SSSR count). The maximum atomic E-state index is 13.3. The van der Waals surface area contributed by atoms with Gasteiger partial charge in [0.1, 0.15) is 12.4 Å². The lowest BCUT2D eigenvalue weighted by molar-refractivity contribution is 0.0460. The third-order valence-electron chi connectivity index (χ3n) is 2.16. The fraction of sp³-hybridized carbons (Fsp3) is 0.0833. The van der Waals surface area contributed by atoms with Crippen LogP contribution in [0.2, 0.25) is 5.15 Å². The number of carbonyl (C=O) groups is 1. The van der Waals surface area contributed by atoms with Gasteiger partial charge < -0.3 is 4.74 Å². The van der Waals surface area contributed by atoms with Gasteiger partial charge in [-0.05, 0) is 18.2 Å². The Balaban J connectivity index is 2.01. The minimum atomic E-state index is -0.678. The highest BCUT2D eigenvalue weighted by Crippen LogP contribution is 2.09. The average molecular weight is 267 g/mol. The van der Waals surface area contributed by atoms with E-state index in [0.29, 0.717) is 5.56 Å². The molecule has 0 aliphatic rings. The Hall–Kier alpha value is -2.01. The van der Waals surface area contributed by atoms with Gasteiger partial charge in [-0.1, -0.05) is 29.8 Å². The zero-order valence-corrected chi connectivity index (χ0v) is 9.89. The molecule has 0 radical (unpaired) electrons. The number of carbonyl (C=O) groups excluding carboxylic acids is 1. The molecule has 2 aromatic rings. The van der Waals surface area contributed by atoms with Gasteiger partial charge in [-0.3, -0.25) is 0 Å². The molecule has 92 valence electrons. The molecule has 0 aliphatic carbocycles. The fourth-order valence-corrected chi connectivity index (χ4v) is 1.36. The van der Waals surface area contributed by atoms with Crippen molar-refractivity contribution in [1.29, 1.82) is 0 Å². The zero-order chi connectivity index (χ0) is 13.0. The Labute approximate surface area is 107 Å². The molecule has 0 fully saturated rings. The van der Waals surface area contributed by atoms with Gasteiger partial charge in [0.05, 0.1) is 0 Å². The molecular weight excluding hydrogens is 259 g/mol. The van der Waals surface area contributed by atoms with E-state index in [-0.39, 0.29) is 17.5 Å². The van der Waals surface area contributed by atoms with Crippen LogP contribution in [0.15, 0.2) is 36.4 Å². The number of ether oxygens (including phenoxy) is 1. The lowest BCUT2D eigenvalue weighted by Crippen LogP contribution is -2.08. The lowest BCUT2D eigenvalue weighted by Gasteiger charge is -2.04. The summed E-state index contributed by atoms with van der Waals surface area (Å²) in [7, 11) is 0. The van der Waals surface area contributed by atoms with Crippen LogP contribution in [0, 0.1) is 5.82 Å². The van der Waals surface area contributed by atoms with Crippen molar-refractivity contribution in [2.45, 2.75) is 6.61 Å². The van der Waals surface area contributed by atoms with Crippen LogP contribution < -0.4 is 0 Å². The van der Waals surface area contributed by atoms with Gasteiger partial charge in [0.15, 0.2) is 10.8 Å². The van der Waals surface area contributed by atoms with E-state index >= 15 is 0 Å². The average Bonchev–Trinajstić information content (AvgIpc) is 2.38. The van der Waals surface area contributed by atoms with E-state index in [1.54, 1.807) is 12.1 Å². The quantitative estimate of drug-likeness (QED) is 0.802. The predicted octanol–water partition coefficient (Wildman–Crippen LogP) is 2.63. The van der Waals surface area contributed by atoms with Crippen molar-refractivity contribution in [3.05, 3.63) is 58.6 Å². The van der Waals surface area contributed by atoms with Crippen molar-refractivity contribution in [3.8, 4) is 0 Å². The Morgan fingerprint density at radius 2 is 2.00 bits per heavy atom.